The summed E-state index contributed by atoms with van der Waals surface area (Å²) in [5.74, 6) is -11.2. The fourth-order valence-corrected chi connectivity index (χ4v) is 7.58. The van der Waals surface area contributed by atoms with Gasteiger partial charge in [-0.25, -0.2) is 4.79 Å². The number of amides is 9. The van der Waals surface area contributed by atoms with Crippen molar-refractivity contribution in [3.63, 3.8) is 0 Å². The van der Waals surface area contributed by atoms with Gasteiger partial charge < -0.3 is 96.9 Å². The fraction of sp³-hybridized carbons (Fsp3) is 0.510. The highest BCUT2D eigenvalue weighted by atomic mass is 32.1. The summed E-state index contributed by atoms with van der Waals surface area (Å²) in [7, 11) is 0. The Morgan fingerprint density at radius 1 is 0.512 bits per heavy atom. The highest BCUT2D eigenvalue weighted by Crippen LogP contribution is 2.13. The standard InChI is InChI=1S/C49H76N16O14S/c1-25(2)38(65-37(69)21-50)46(77)59-31(12-8-18-56-49(53)54)41(72)58-30(11-7-17-55-48(51)52)40(71)57-26(3)39(70)60-32(19-27-9-5-4-6-10-27)42(73)62-35(23-67)44(75)64-36(24-80)45(76)63-34(22-66)43(74)61-33(47(78)79)20-28-13-15-29(68)16-14-28/h4-6,9-10,13-16,25-26,30-36,38,66-68,80H,7-8,11-12,17-24,50H2,1-3H3,(H,57,71)(H,58,72)(H,59,77)(H,60,70)(H,61,74)(H,62,73)(H,63,76)(H,64,75)(H,65,69)(H,78,79)(H4,51,52,55)(H4,53,54,56)/t26-,30-,31-,32-,33-,34-,35-,36-,38-/m0/s1. The number of aromatic hydroxyl groups is 1. The van der Waals surface area contributed by atoms with Gasteiger partial charge in [-0.1, -0.05) is 56.3 Å². The first-order valence-corrected chi connectivity index (χ1v) is 25.9. The van der Waals surface area contributed by atoms with Crippen molar-refractivity contribution in [2.75, 3.05) is 38.6 Å². The van der Waals surface area contributed by atoms with E-state index in [1.165, 1.54) is 31.2 Å². The number of rotatable bonds is 35. The number of nitrogens with zero attached hydrogens (tertiary/aromatic N) is 2. The molecule has 0 aromatic heterocycles. The van der Waals surface area contributed by atoms with E-state index in [4.69, 9.17) is 28.7 Å². The molecule has 0 spiro atoms. The van der Waals surface area contributed by atoms with Crippen molar-refractivity contribution in [2.24, 2.45) is 44.6 Å². The number of benzene rings is 2. The zero-order chi connectivity index (χ0) is 60.1. The number of aliphatic imine (C=N–C) groups is 2. The van der Waals surface area contributed by atoms with Gasteiger partial charge in [0.2, 0.25) is 53.2 Å². The molecule has 0 saturated heterocycles. The molecule has 30 nitrogen and oxygen atoms in total. The van der Waals surface area contributed by atoms with Crippen LogP contribution in [-0.4, -0.2) is 184 Å². The molecule has 31 heteroatoms. The highest BCUT2D eigenvalue weighted by molar-refractivity contribution is 7.80. The van der Waals surface area contributed by atoms with Crippen LogP contribution in [0.15, 0.2) is 64.6 Å². The molecule has 0 heterocycles. The van der Waals surface area contributed by atoms with Gasteiger partial charge in [0.15, 0.2) is 11.9 Å². The number of phenolic OH excluding ortho intramolecular Hbond substituents is 1. The normalized spacial score (nSPS) is 14.2. The molecule has 9 atom stereocenters. The lowest BCUT2D eigenvalue weighted by molar-refractivity contribution is -0.142. The number of carboxylic acids is 1. The van der Waals surface area contributed by atoms with E-state index >= 15 is 0 Å². The van der Waals surface area contributed by atoms with Crippen molar-refractivity contribution in [1.29, 1.82) is 0 Å². The Labute approximate surface area is 466 Å². The molecule has 2 rings (SSSR count). The molecule has 80 heavy (non-hydrogen) atoms. The zero-order valence-electron chi connectivity index (χ0n) is 44.6. The number of carbonyl (C=O) groups excluding carboxylic acids is 9. The second-order valence-corrected chi connectivity index (χ2v) is 18.9. The van der Waals surface area contributed by atoms with Crippen molar-refractivity contribution in [3.8, 4) is 5.75 Å². The van der Waals surface area contributed by atoms with E-state index in [-0.39, 0.29) is 69.3 Å². The highest BCUT2D eigenvalue weighted by Gasteiger charge is 2.35. The third-order valence-corrected chi connectivity index (χ3v) is 12.1. The number of nitrogens with one attached hydrogen (secondary N) is 9. The first-order chi connectivity index (χ1) is 37.8. The Balaban J connectivity index is 2.31. The van der Waals surface area contributed by atoms with Crippen LogP contribution in [0.5, 0.6) is 5.75 Å². The van der Waals surface area contributed by atoms with Crippen LogP contribution in [0.1, 0.15) is 57.6 Å². The largest absolute Gasteiger partial charge is 0.508 e. The second kappa shape index (κ2) is 35.3. The minimum atomic E-state index is -1.78. The maximum absolute atomic E-state index is 14.0. The van der Waals surface area contributed by atoms with E-state index < -0.39 is 145 Å². The molecule has 0 unspecified atom stereocenters. The maximum atomic E-state index is 14.0. The van der Waals surface area contributed by atoms with Gasteiger partial charge in [0.05, 0.1) is 19.8 Å². The van der Waals surface area contributed by atoms with E-state index in [1.807, 2.05) is 0 Å². The Kier molecular flexibility index (Phi) is 29.9. The SMILES string of the molecule is CC(C)[C@H](NC(=O)CN)C(=O)N[C@@H](CCCN=C(N)N)C(=O)N[C@@H](CCCN=C(N)N)C(=O)N[C@@H](C)C(=O)N[C@@H](Cc1ccccc1)C(=O)N[C@@H](CO)C(=O)N[C@@H](CS)C(=O)N[C@@H](CO)C(=O)N[C@@H](Cc1ccc(O)cc1)C(=O)O. The molecule has 0 saturated carbocycles. The second-order valence-electron chi connectivity index (χ2n) is 18.5. The van der Waals surface area contributed by atoms with Crippen molar-refractivity contribution < 1.29 is 68.4 Å². The monoisotopic (exact) mass is 1140 g/mol. The third-order valence-electron chi connectivity index (χ3n) is 11.7. The molecule has 0 aliphatic carbocycles. The van der Waals surface area contributed by atoms with Crippen LogP contribution in [-0.2, 0) is 60.8 Å². The van der Waals surface area contributed by atoms with Gasteiger partial charge in [-0.05, 0) is 61.8 Å². The van der Waals surface area contributed by atoms with Crippen molar-refractivity contribution in [3.05, 3.63) is 65.7 Å². The summed E-state index contributed by atoms with van der Waals surface area (Å²) in [6.45, 7) is 2.20. The van der Waals surface area contributed by atoms with E-state index in [1.54, 1.807) is 44.2 Å². The summed E-state index contributed by atoms with van der Waals surface area (Å²) in [6, 6.07) is 0.427. The van der Waals surface area contributed by atoms with Crippen molar-refractivity contribution in [1.82, 2.24) is 47.9 Å². The summed E-state index contributed by atoms with van der Waals surface area (Å²) in [5, 5.41) is 61.4. The molecule has 2 aromatic rings. The van der Waals surface area contributed by atoms with Gasteiger partial charge in [-0.3, -0.25) is 53.1 Å². The number of thiol groups is 1. The predicted molar refractivity (Wildman–Crippen MR) is 294 cm³/mol. The van der Waals surface area contributed by atoms with E-state index in [2.05, 4.69) is 70.5 Å². The van der Waals surface area contributed by atoms with E-state index in [9.17, 15) is 68.4 Å². The van der Waals surface area contributed by atoms with Crippen molar-refractivity contribution >= 4 is 83.7 Å². The molecular formula is C49H76N16O14S. The van der Waals surface area contributed by atoms with Gasteiger partial charge >= 0.3 is 5.97 Å². The summed E-state index contributed by atoms with van der Waals surface area (Å²) in [5.41, 5.74) is 28.3. The topological polar surface area (TPSA) is 515 Å². The van der Waals surface area contributed by atoms with Crippen LogP contribution in [0.25, 0.3) is 0 Å². The summed E-state index contributed by atoms with van der Waals surface area (Å²) in [4.78, 5) is 141. The molecule has 442 valence electrons. The zero-order valence-corrected chi connectivity index (χ0v) is 45.4. The Hall–Kier alpha value is -8.29. The first-order valence-electron chi connectivity index (χ1n) is 25.2. The van der Waals surface area contributed by atoms with Crippen LogP contribution < -0.4 is 76.5 Å². The number of carboxylic acid groups (broad SMARTS) is 1. The maximum Gasteiger partial charge on any atom is 0.326 e. The van der Waals surface area contributed by atoms with Crippen LogP contribution >= 0.6 is 12.6 Å². The lowest BCUT2D eigenvalue weighted by atomic mass is 10.0. The third kappa shape index (κ3) is 24.6. The Morgan fingerprint density at radius 3 is 1.38 bits per heavy atom. The summed E-state index contributed by atoms with van der Waals surface area (Å²) in [6.07, 6.45) is -0.291. The van der Waals surface area contributed by atoms with Crippen LogP contribution in [0.4, 0.5) is 0 Å². The number of hydrogen-bond donors (Lipinski definition) is 19. The van der Waals surface area contributed by atoms with E-state index in [0.29, 0.717) is 11.1 Å². The predicted octanol–water partition coefficient (Wildman–Crippen LogP) is -6.72. The lowest BCUT2D eigenvalue weighted by Crippen LogP contribution is -2.61. The quantitative estimate of drug-likeness (QED) is 0.0132. The number of aliphatic hydroxyl groups excluding tert-OH is 2. The number of carbonyl (C=O) groups is 10. The molecule has 0 fully saturated rings. The number of aliphatic carboxylic acids is 1. The molecule has 9 amide bonds. The molecule has 23 N–H and O–H groups in total. The number of phenols is 1. The van der Waals surface area contributed by atoms with Gasteiger partial charge in [0, 0.05) is 31.7 Å². The molecular weight excluding hydrogens is 1070 g/mol. The minimum Gasteiger partial charge on any atom is -0.508 e. The van der Waals surface area contributed by atoms with Crippen molar-refractivity contribution in [2.45, 2.75) is 114 Å². The average molecular weight is 1150 g/mol. The molecule has 0 aliphatic rings. The Morgan fingerprint density at radius 2 is 0.912 bits per heavy atom. The molecule has 0 bridgehead atoms. The number of hydrogen-bond acceptors (Lipinski definition) is 17. The van der Waals surface area contributed by atoms with E-state index in [0.717, 1.165) is 0 Å². The fourth-order valence-electron chi connectivity index (χ4n) is 7.32. The number of guanidine groups is 2. The smallest absolute Gasteiger partial charge is 0.326 e. The average Bonchev–Trinajstić information content (AvgIpc) is 3.41. The number of nitrogens with two attached hydrogens (primary N) is 5. The van der Waals surface area contributed by atoms with Gasteiger partial charge in [0.25, 0.3) is 0 Å². The molecule has 2 aromatic carbocycles. The lowest BCUT2D eigenvalue weighted by Gasteiger charge is -2.27. The van der Waals surface area contributed by atoms with Crippen LogP contribution in [0, 0.1) is 5.92 Å². The summed E-state index contributed by atoms with van der Waals surface area (Å²) >= 11 is 4.10. The first kappa shape index (κ1) is 67.8. The van der Waals surface area contributed by atoms with Gasteiger partial charge in [0.1, 0.15) is 60.1 Å². The molecule has 0 radical (unpaired) electrons. The Bertz CT molecular complexity index is 2460. The number of aliphatic hydroxyl groups is 2. The van der Waals surface area contributed by atoms with Crippen LogP contribution in [0.2, 0.25) is 0 Å². The minimum absolute atomic E-state index is 0.0171. The van der Waals surface area contributed by atoms with Gasteiger partial charge in [-0.2, -0.15) is 12.6 Å². The van der Waals surface area contributed by atoms with Gasteiger partial charge in [-0.15, -0.1) is 0 Å². The molecule has 0 aliphatic heterocycles. The van der Waals surface area contributed by atoms with Crippen LogP contribution in [0.3, 0.4) is 0 Å². The summed E-state index contributed by atoms with van der Waals surface area (Å²) < 4.78 is 0.